The van der Waals surface area contributed by atoms with Crippen LogP contribution >= 0.6 is 0 Å². The Morgan fingerprint density at radius 1 is 1.25 bits per heavy atom. The molecule has 146 valence electrons. The quantitative estimate of drug-likeness (QED) is 0.662. The number of amides is 1. The highest BCUT2D eigenvalue weighted by Crippen LogP contribution is 2.23. The van der Waals surface area contributed by atoms with Crippen LogP contribution in [0.3, 0.4) is 0 Å². The van der Waals surface area contributed by atoms with Crippen molar-refractivity contribution in [3.63, 3.8) is 0 Å². The van der Waals surface area contributed by atoms with Crippen molar-refractivity contribution >= 4 is 17.1 Å². The summed E-state index contributed by atoms with van der Waals surface area (Å²) < 4.78 is 7.53. The first kappa shape index (κ1) is 18.5. The van der Waals surface area contributed by atoms with Crippen molar-refractivity contribution in [3.8, 4) is 5.75 Å². The first-order valence-electron chi connectivity index (χ1n) is 9.90. The predicted octanol–water partition coefficient (Wildman–Crippen LogP) is 3.00. The molecule has 3 aromatic rings. The highest BCUT2D eigenvalue weighted by Gasteiger charge is 2.27. The highest BCUT2D eigenvalue weighted by atomic mass is 16.5. The number of ether oxygens (including phenoxy) is 1. The standard InChI is InChI=1S/C22H26N4O2/c1-3-28-18-8-6-16(7-9-18)14-21(27)26-12-10-17(15-26)13-20-24-19-5-4-11-23-22(19)25(20)2/h4-9,11,17H,3,10,12-15H2,1-2H3/t17-/m0/s1. The lowest BCUT2D eigenvalue weighted by atomic mass is 10.0. The van der Waals surface area contributed by atoms with Gasteiger partial charge in [0.1, 0.15) is 17.1 Å². The molecule has 0 aliphatic carbocycles. The first-order chi connectivity index (χ1) is 13.6. The van der Waals surface area contributed by atoms with Crippen LogP contribution in [0.1, 0.15) is 24.7 Å². The molecule has 1 aromatic carbocycles. The van der Waals surface area contributed by atoms with Crippen molar-refractivity contribution in [1.82, 2.24) is 19.4 Å². The number of fused-ring (bicyclic) bond motifs is 1. The number of hydrogen-bond donors (Lipinski definition) is 0. The highest BCUT2D eigenvalue weighted by molar-refractivity contribution is 5.79. The minimum absolute atomic E-state index is 0.193. The number of imidazole rings is 1. The van der Waals surface area contributed by atoms with Gasteiger partial charge in [0.2, 0.25) is 5.91 Å². The number of carbonyl (C=O) groups excluding carboxylic acids is 1. The van der Waals surface area contributed by atoms with Crippen LogP contribution in [0.25, 0.3) is 11.2 Å². The van der Waals surface area contributed by atoms with Gasteiger partial charge in [-0.2, -0.15) is 0 Å². The zero-order valence-electron chi connectivity index (χ0n) is 16.5. The van der Waals surface area contributed by atoms with Gasteiger partial charge in [0.15, 0.2) is 5.65 Å². The van der Waals surface area contributed by atoms with Gasteiger partial charge in [-0.25, -0.2) is 9.97 Å². The lowest BCUT2D eigenvalue weighted by molar-refractivity contribution is -0.129. The van der Waals surface area contributed by atoms with Crippen molar-refractivity contribution in [2.75, 3.05) is 19.7 Å². The molecule has 1 fully saturated rings. The van der Waals surface area contributed by atoms with Gasteiger partial charge in [-0.05, 0) is 49.1 Å². The van der Waals surface area contributed by atoms with Crippen molar-refractivity contribution in [1.29, 1.82) is 0 Å². The lowest BCUT2D eigenvalue weighted by Crippen LogP contribution is -2.30. The summed E-state index contributed by atoms with van der Waals surface area (Å²) in [6.45, 7) is 4.23. The second-order valence-corrected chi connectivity index (χ2v) is 7.39. The Hall–Kier alpha value is -2.89. The van der Waals surface area contributed by atoms with Crippen LogP contribution in [0.15, 0.2) is 42.6 Å². The van der Waals surface area contributed by atoms with Crippen molar-refractivity contribution < 1.29 is 9.53 Å². The number of aryl methyl sites for hydroxylation is 1. The van der Waals surface area contributed by atoms with E-state index in [1.165, 1.54) is 0 Å². The molecule has 0 bridgehead atoms. The molecule has 0 saturated carbocycles. The fraction of sp³-hybridized carbons (Fsp3) is 0.409. The number of likely N-dealkylation sites (tertiary alicyclic amines) is 1. The molecule has 1 atom stereocenters. The molecular weight excluding hydrogens is 352 g/mol. The van der Waals surface area contributed by atoms with Crippen LogP contribution in [0.4, 0.5) is 0 Å². The second-order valence-electron chi connectivity index (χ2n) is 7.39. The van der Waals surface area contributed by atoms with Gasteiger partial charge in [-0.3, -0.25) is 4.79 Å². The molecule has 1 amide bonds. The van der Waals surface area contributed by atoms with Crippen LogP contribution < -0.4 is 4.74 Å². The molecule has 4 rings (SSSR count). The van der Waals surface area contributed by atoms with Crippen LogP contribution in [-0.4, -0.2) is 45.0 Å². The Bertz CT molecular complexity index is 964. The average Bonchev–Trinajstić information content (AvgIpc) is 3.29. The molecule has 6 nitrogen and oxygen atoms in total. The summed E-state index contributed by atoms with van der Waals surface area (Å²) in [4.78, 5) is 23.8. The molecule has 2 aromatic heterocycles. The van der Waals surface area contributed by atoms with E-state index in [0.717, 1.165) is 54.2 Å². The molecule has 0 unspecified atom stereocenters. The summed E-state index contributed by atoms with van der Waals surface area (Å²) in [6.07, 6.45) is 4.13. The molecule has 1 aliphatic heterocycles. The van der Waals surface area contributed by atoms with E-state index in [2.05, 4.69) is 9.55 Å². The van der Waals surface area contributed by atoms with E-state index in [9.17, 15) is 4.79 Å². The van der Waals surface area contributed by atoms with Gasteiger partial charge < -0.3 is 14.2 Å². The van der Waals surface area contributed by atoms with Gasteiger partial charge >= 0.3 is 0 Å². The molecule has 0 spiro atoms. The Morgan fingerprint density at radius 2 is 2.07 bits per heavy atom. The van der Waals surface area contributed by atoms with E-state index >= 15 is 0 Å². The lowest BCUT2D eigenvalue weighted by Gasteiger charge is -2.17. The summed E-state index contributed by atoms with van der Waals surface area (Å²) in [5.41, 5.74) is 2.87. The average molecular weight is 378 g/mol. The number of benzene rings is 1. The molecule has 28 heavy (non-hydrogen) atoms. The molecule has 1 aliphatic rings. The van der Waals surface area contributed by atoms with Gasteiger partial charge in [-0.1, -0.05) is 12.1 Å². The van der Waals surface area contributed by atoms with E-state index in [4.69, 9.17) is 9.72 Å². The summed E-state index contributed by atoms with van der Waals surface area (Å²) in [7, 11) is 2.02. The van der Waals surface area contributed by atoms with Crippen LogP contribution in [-0.2, 0) is 24.7 Å². The van der Waals surface area contributed by atoms with Crippen LogP contribution in [0.5, 0.6) is 5.75 Å². The molecule has 3 heterocycles. The number of rotatable bonds is 6. The maximum atomic E-state index is 12.7. The van der Waals surface area contributed by atoms with E-state index < -0.39 is 0 Å². The SMILES string of the molecule is CCOc1ccc(CC(=O)N2CC[C@@H](Cc3nc4cccnc4n3C)C2)cc1. The Kier molecular flexibility index (Phi) is 5.28. The summed E-state index contributed by atoms with van der Waals surface area (Å²) in [5, 5.41) is 0. The summed E-state index contributed by atoms with van der Waals surface area (Å²) in [5.74, 6) is 2.52. The van der Waals surface area contributed by atoms with E-state index in [0.29, 0.717) is 18.9 Å². The van der Waals surface area contributed by atoms with E-state index in [1.54, 1.807) is 6.20 Å². The normalized spacial score (nSPS) is 16.6. The Balaban J connectivity index is 1.35. The molecule has 6 heteroatoms. The van der Waals surface area contributed by atoms with E-state index in [1.807, 2.05) is 55.3 Å². The molecule has 0 radical (unpaired) electrons. The number of carbonyl (C=O) groups is 1. The largest absolute Gasteiger partial charge is 0.494 e. The predicted molar refractivity (Wildman–Crippen MR) is 108 cm³/mol. The number of pyridine rings is 1. The third-order valence-electron chi connectivity index (χ3n) is 5.42. The van der Waals surface area contributed by atoms with Crippen LogP contribution in [0, 0.1) is 5.92 Å². The van der Waals surface area contributed by atoms with Crippen molar-refractivity contribution in [2.45, 2.75) is 26.2 Å². The Morgan fingerprint density at radius 3 is 2.82 bits per heavy atom. The fourth-order valence-electron chi connectivity index (χ4n) is 3.89. The zero-order chi connectivity index (χ0) is 19.5. The monoisotopic (exact) mass is 378 g/mol. The maximum Gasteiger partial charge on any atom is 0.226 e. The molecule has 1 saturated heterocycles. The second kappa shape index (κ2) is 8.00. The summed E-state index contributed by atoms with van der Waals surface area (Å²) in [6, 6.07) is 11.7. The van der Waals surface area contributed by atoms with Gasteiger partial charge in [-0.15, -0.1) is 0 Å². The topological polar surface area (TPSA) is 60.2 Å². The smallest absolute Gasteiger partial charge is 0.226 e. The third kappa shape index (κ3) is 3.86. The van der Waals surface area contributed by atoms with Crippen molar-refractivity contribution in [3.05, 3.63) is 54.0 Å². The van der Waals surface area contributed by atoms with Gasteiger partial charge in [0.05, 0.1) is 13.0 Å². The van der Waals surface area contributed by atoms with Gasteiger partial charge in [0.25, 0.3) is 0 Å². The van der Waals surface area contributed by atoms with E-state index in [-0.39, 0.29) is 5.91 Å². The number of hydrogen-bond acceptors (Lipinski definition) is 4. The fourth-order valence-corrected chi connectivity index (χ4v) is 3.89. The molecule has 0 N–H and O–H groups in total. The minimum atomic E-state index is 0.193. The van der Waals surface area contributed by atoms with Crippen molar-refractivity contribution in [2.24, 2.45) is 13.0 Å². The number of nitrogens with zero attached hydrogens (tertiary/aromatic N) is 4. The minimum Gasteiger partial charge on any atom is -0.494 e. The first-order valence-corrected chi connectivity index (χ1v) is 9.90. The number of aromatic nitrogens is 3. The third-order valence-corrected chi connectivity index (χ3v) is 5.42. The summed E-state index contributed by atoms with van der Waals surface area (Å²) >= 11 is 0. The molecular formula is C22H26N4O2. The Labute approximate surface area is 165 Å². The zero-order valence-corrected chi connectivity index (χ0v) is 16.5. The maximum absolute atomic E-state index is 12.7. The van der Waals surface area contributed by atoms with Gasteiger partial charge in [0, 0.05) is 32.8 Å². The van der Waals surface area contributed by atoms with Crippen LogP contribution in [0.2, 0.25) is 0 Å².